The average Bonchev–Trinajstić information content (AvgIpc) is 2.97. The van der Waals surface area contributed by atoms with Gasteiger partial charge in [0.15, 0.2) is 0 Å². The van der Waals surface area contributed by atoms with Crippen molar-refractivity contribution in [2.45, 2.75) is 19.4 Å². The van der Waals surface area contributed by atoms with Gasteiger partial charge in [0, 0.05) is 11.6 Å². The summed E-state index contributed by atoms with van der Waals surface area (Å²) < 4.78 is 14.1. The highest BCUT2D eigenvalue weighted by atomic mass is 35.5. The normalized spacial score (nSPS) is 18.3. The van der Waals surface area contributed by atoms with E-state index in [1.54, 1.807) is 0 Å². The summed E-state index contributed by atoms with van der Waals surface area (Å²) in [5.74, 6) is -2.10. The highest BCUT2D eigenvalue weighted by molar-refractivity contribution is 6.30. The minimum absolute atomic E-state index is 0.154. The lowest BCUT2D eigenvalue weighted by Gasteiger charge is -2.19. The van der Waals surface area contributed by atoms with E-state index in [0.717, 1.165) is 11.6 Å². The van der Waals surface area contributed by atoms with Gasteiger partial charge in [0.25, 0.3) is 0 Å². The van der Waals surface area contributed by atoms with Gasteiger partial charge in [-0.15, -0.1) is 0 Å². The largest absolute Gasteiger partial charge is 0.349 e. The fourth-order valence-electron chi connectivity index (χ4n) is 3.00. The van der Waals surface area contributed by atoms with E-state index in [4.69, 9.17) is 11.6 Å². The molecule has 1 saturated heterocycles. The van der Waals surface area contributed by atoms with Crippen LogP contribution >= 0.6 is 11.6 Å². The van der Waals surface area contributed by atoms with Crippen molar-refractivity contribution in [1.82, 2.24) is 5.32 Å². The van der Waals surface area contributed by atoms with E-state index in [1.165, 1.54) is 17.0 Å². The Labute approximate surface area is 150 Å². The Morgan fingerprint density at radius 2 is 2.00 bits per heavy atom. The number of amides is 2. The first-order chi connectivity index (χ1) is 12.0. The number of hydrogen-bond acceptors (Lipinski definition) is 2. The van der Waals surface area contributed by atoms with Gasteiger partial charge in [-0.1, -0.05) is 41.9 Å². The number of rotatable bonds is 4. The molecule has 4 nitrogen and oxygen atoms in total. The van der Waals surface area contributed by atoms with Crippen molar-refractivity contribution in [2.24, 2.45) is 5.92 Å². The van der Waals surface area contributed by atoms with Crippen molar-refractivity contribution >= 4 is 29.1 Å². The molecule has 1 aliphatic heterocycles. The number of nitrogens with zero attached hydrogens (tertiary/aromatic N) is 1. The summed E-state index contributed by atoms with van der Waals surface area (Å²) in [5.41, 5.74) is 1.11. The van der Waals surface area contributed by atoms with E-state index >= 15 is 0 Å². The standard InChI is InChI=1S/C19H18ClFN2O2/c1-12(13-5-3-2-4-6-13)22-18(24)15-9-10-23(19(15)25)17-8-7-14(20)11-16(17)21/h2-8,11-12,15H,9-10H2,1H3,(H,22,24)/t12-,15+/m1/s1. The van der Waals surface area contributed by atoms with Crippen LogP contribution in [-0.2, 0) is 9.59 Å². The lowest BCUT2D eigenvalue weighted by Crippen LogP contribution is -2.38. The second-order valence-electron chi connectivity index (χ2n) is 6.07. The van der Waals surface area contributed by atoms with Gasteiger partial charge < -0.3 is 10.2 Å². The molecule has 6 heteroatoms. The Hall–Kier alpha value is -2.40. The summed E-state index contributed by atoms with van der Waals surface area (Å²) in [7, 11) is 0. The fraction of sp³-hybridized carbons (Fsp3) is 0.263. The number of halogens is 2. The predicted molar refractivity (Wildman–Crippen MR) is 94.9 cm³/mol. The summed E-state index contributed by atoms with van der Waals surface area (Å²) in [6, 6.07) is 13.5. The lowest BCUT2D eigenvalue weighted by molar-refractivity contribution is -0.132. The maximum atomic E-state index is 14.1. The van der Waals surface area contributed by atoms with Gasteiger partial charge in [0.2, 0.25) is 11.8 Å². The van der Waals surface area contributed by atoms with E-state index in [2.05, 4.69) is 5.32 Å². The van der Waals surface area contributed by atoms with Gasteiger partial charge in [0.1, 0.15) is 11.7 Å². The molecular formula is C19H18ClFN2O2. The zero-order valence-corrected chi connectivity index (χ0v) is 14.5. The third-order valence-electron chi connectivity index (χ3n) is 4.38. The third kappa shape index (κ3) is 3.66. The molecule has 1 N–H and O–H groups in total. The number of carbonyl (C=O) groups is 2. The van der Waals surface area contributed by atoms with Crippen molar-refractivity contribution < 1.29 is 14.0 Å². The van der Waals surface area contributed by atoms with Crippen LogP contribution < -0.4 is 10.2 Å². The molecule has 1 heterocycles. The molecule has 1 aliphatic rings. The first-order valence-electron chi connectivity index (χ1n) is 8.09. The first-order valence-corrected chi connectivity index (χ1v) is 8.47. The molecular weight excluding hydrogens is 343 g/mol. The van der Waals surface area contributed by atoms with Crippen molar-refractivity contribution in [2.75, 3.05) is 11.4 Å². The van der Waals surface area contributed by atoms with Crippen LogP contribution in [0, 0.1) is 11.7 Å². The molecule has 0 spiro atoms. The minimum atomic E-state index is -0.804. The molecule has 3 rings (SSSR count). The zero-order chi connectivity index (χ0) is 18.0. The summed E-state index contributed by atoms with van der Waals surface area (Å²) in [6.07, 6.45) is 0.355. The van der Waals surface area contributed by atoms with Gasteiger partial charge in [-0.3, -0.25) is 9.59 Å². The van der Waals surface area contributed by atoms with Crippen LogP contribution in [0.2, 0.25) is 5.02 Å². The Morgan fingerprint density at radius 3 is 2.68 bits per heavy atom. The van der Waals surface area contributed by atoms with E-state index in [9.17, 15) is 14.0 Å². The van der Waals surface area contributed by atoms with Crippen LogP contribution in [0.4, 0.5) is 10.1 Å². The summed E-state index contributed by atoms with van der Waals surface area (Å²) in [4.78, 5) is 26.4. The second kappa shape index (κ2) is 7.23. The van der Waals surface area contributed by atoms with Gasteiger partial charge in [-0.05, 0) is 37.1 Å². The summed E-state index contributed by atoms with van der Waals surface area (Å²) in [6.45, 7) is 2.17. The van der Waals surface area contributed by atoms with Crippen molar-refractivity contribution in [1.29, 1.82) is 0 Å². The van der Waals surface area contributed by atoms with Crippen molar-refractivity contribution in [3.05, 3.63) is 64.9 Å². The van der Waals surface area contributed by atoms with Crippen LogP contribution in [0.3, 0.4) is 0 Å². The molecule has 0 aromatic heterocycles. The number of nitrogens with one attached hydrogen (secondary N) is 1. The van der Waals surface area contributed by atoms with Crippen molar-refractivity contribution in [3.63, 3.8) is 0 Å². The van der Waals surface area contributed by atoms with Gasteiger partial charge in [-0.25, -0.2) is 4.39 Å². The topological polar surface area (TPSA) is 49.4 Å². The first kappa shape index (κ1) is 17.4. The van der Waals surface area contributed by atoms with E-state index in [1.807, 2.05) is 37.3 Å². The highest BCUT2D eigenvalue weighted by Crippen LogP contribution is 2.29. The average molecular weight is 361 g/mol. The van der Waals surface area contributed by atoms with Gasteiger partial charge in [-0.2, -0.15) is 0 Å². The number of carbonyl (C=O) groups excluding carboxylic acids is 2. The molecule has 2 aromatic carbocycles. The predicted octanol–water partition coefficient (Wildman–Crippen LogP) is 3.71. The summed E-state index contributed by atoms with van der Waals surface area (Å²) in [5, 5.41) is 3.13. The van der Waals surface area contributed by atoms with Crippen LogP contribution in [0.25, 0.3) is 0 Å². The Kier molecular flexibility index (Phi) is 5.04. The minimum Gasteiger partial charge on any atom is -0.349 e. The third-order valence-corrected chi connectivity index (χ3v) is 4.62. The van der Waals surface area contributed by atoms with E-state index in [0.29, 0.717) is 13.0 Å². The van der Waals surface area contributed by atoms with Crippen molar-refractivity contribution in [3.8, 4) is 0 Å². The molecule has 2 atom stereocenters. The molecule has 0 saturated carbocycles. The van der Waals surface area contributed by atoms with E-state index in [-0.39, 0.29) is 28.6 Å². The quantitative estimate of drug-likeness (QED) is 0.845. The number of benzene rings is 2. The summed E-state index contributed by atoms with van der Waals surface area (Å²) >= 11 is 5.75. The number of anilines is 1. The lowest BCUT2D eigenvalue weighted by atomic mass is 10.0. The molecule has 2 aromatic rings. The Balaban J connectivity index is 1.70. The fourth-order valence-corrected chi connectivity index (χ4v) is 3.16. The smallest absolute Gasteiger partial charge is 0.239 e. The number of hydrogen-bond donors (Lipinski definition) is 1. The molecule has 0 radical (unpaired) electrons. The van der Waals surface area contributed by atoms with Crippen LogP contribution in [0.1, 0.15) is 24.9 Å². The van der Waals surface area contributed by atoms with Gasteiger partial charge in [0.05, 0.1) is 11.7 Å². The maximum absolute atomic E-state index is 14.1. The molecule has 130 valence electrons. The van der Waals surface area contributed by atoms with Crippen LogP contribution in [0.15, 0.2) is 48.5 Å². The maximum Gasteiger partial charge on any atom is 0.239 e. The zero-order valence-electron chi connectivity index (χ0n) is 13.7. The Morgan fingerprint density at radius 1 is 1.28 bits per heavy atom. The molecule has 0 bridgehead atoms. The molecule has 25 heavy (non-hydrogen) atoms. The monoisotopic (exact) mass is 360 g/mol. The Bertz CT molecular complexity index is 797. The van der Waals surface area contributed by atoms with Gasteiger partial charge >= 0.3 is 0 Å². The SMILES string of the molecule is C[C@@H](NC(=O)[C@@H]1CCN(c2ccc(Cl)cc2F)C1=O)c1ccccc1. The highest BCUT2D eigenvalue weighted by Gasteiger charge is 2.38. The molecule has 1 fully saturated rings. The van der Waals surface area contributed by atoms with E-state index < -0.39 is 11.7 Å². The van der Waals surface area contributed by atoms with Crippen LogP contribution in [0.5, 0.6) is 0 Å². The molecule has 0 aliphatic carbocycles. The second-order valence-corrected chi connectivity index (χ2v) is 6.50. The van der Waals surface area contributed by atoms with Crippen LogP contribution in [-0.4, -0.2) is 18.4 Å². The molecule has 0 unspecified atom stereocenters. The molecule has 2 amide bonds.